The molecule has 98 valence electrons. The van der Waals surface area contributed by atoms with E-state index >= 15 is 0 Å². The Balaban J connectivity index is 2.44. The van der Waals surface area contributed by atoms with Gasteiger partial charge in [-0.05, 0) is 6.92 Å². The summed E-state index contributed by atoms with van der Waals surface area (Å²) in [7, 11) is -3.28. The number of thiazole rings is 1. The van der Waals surface area contributed by atoms with Crippen LogP contribution in [0.4, 0.5) is 0 Å². The molecule has 0 amide bonds. The van der Waals surface area contributed by atoms with Gasteiger partial charge in [-0.15, -0.1) is 11.3 Å². The van der Waals surface area contributed by atoms with Gasteiger partial charge in [-0.25, -0.2) is 18.1 Å². The normalized spacial score (nSPS) is 14.1. The second-order valence-electron chi connectivity index (χ2n) is 4.22. The van der Waals surface area contributed by atoms with Crippen LogP contribution >= 0.6 is 11.3 Å². The molecule has 0 radical (unpaired) electrons. The molecule has 1 rings (SSSR count). The van der Waals surface area contributed by atoms with Crippen molar-refractivity contribution < 1.29 is 8.42 Å². The van der Waals surface area contributed by atoms with Gasteiger partial charge in [-0.1, -0.05) is 13.8 Å². The predicted molar refractivity (Wildman–Crippen MR) is 70.5 cm³/mol. The minimum absolute atomic E-state index is 0.262. The highest BCUT2D eigenvalue weighted by atomic mass is 32.2. The third-order valence-corrected chi connectivity index (χ3v) is 4.69. The predicted octanol–water partition coefficient (Wildman–Crippen LogP) is 0.949. The zero-order valence-corrected chi connectivity index (χ0v) is 11.9. The van der Waals surface area contributed by atoms with Crippen LogP contribution in [0, 0.1) is 0 Å². The van der Waals surface area contributed by atoms with Crippen LogP contribution in [0.1, 0.15) is 26.5 Å². The molecule has 0 fully saturated rings. The highest BCUT2D eigenvalue weighted by molar-refractivity contribution is 7.90. The molecule has 1 aromatic rings. The lowest BCUT2D eigenvalue weighted by molar-refractivity contribution is 0.540. The standard InChI is InChI=1S/C10H19N3O2S2/c1-8(2)11-4-9(3)17(14,15)13-5-10-6-16-7-12-10/h6-9,11,13H,4-5H2,1-3H3. The SMILES string of the molecule is CC(C)NCC(C)S(=O)(=O)NCc1cscn1. The van der Waals surface area contributed by atoms with Crippen molar-refractivity contribution in [3.8, 4) is 0 Å². The Hall–Kier alpha value is -0.500. The van der Waals surface area contributed by atoms with Crippen LogP contribution in [0.2, 0.25) is 0 Å². The highest BCUT2D eigenvalue weighted by Crippen LogP contribution is 2.03. The second kappa shape index (κ2) is 6.44. The van der Waals surface area contributed by atoms with E-state index in [9.17, 15) is 8.42 Å². The Labute approximate surface area is 107 Å². The number of hydrogen-bond donors (Lipinski definition) is 2. The number of sulfonamides is 1. The molecule has 5 nitrogen and oxygen atoms in total. The summed E-state index contributed by atoms with van der Waals surface area (Å²) in [6.45, 7) is 6.38. The number of rotatable bonds is 7. The lowest BCUT2D eigenvalue weighted by atomic mass is 10.3. The molecule has 1 heterocycles. The van der Waals surface area contributed by atoms with Gasteiger partial charge in [-0.2, -0.15) is 0 Å². The molecule has 17 heavy (non-hydrogen) atoms. The van der Waals surface area contributed by atoms with Crippen LogP contribution in [0.3, 0.4) is 0 Å². The van der Waals surface area contributed by atoms with E-state index in [1.54, 1.807) is 12.4 Å². The van der Waals surface area contributed by atoms with Crippen molar-refractivity contribution in [3.05, 3.63) is 16.6 Å². The molecule has 0 aliphatic heterocycles. The molecule has 0 spiro atoms. The number of nitrogens with zero attached hydrogens (tertiary/aromatic N) is 1. The van der Waals surface area contributed by atoms with E-state index in [0.29, 0.717) is 6.54 Å². The van der Waals surface area contributed by atoms with Crippen molar-refractivity contribution in [2.24, 2.45) is 0 Å². The van der Waals surface area contributed by atoms with E-state index in [0.717, 1.165) is 5.69 Å². The van der Waals surface area contributed by atoms with E-state index in [4.69, 9.17) is 0 Å². The van der Waals surface area contributed by atoms with Crippen LogP contribution < -0.4 is 10.0 Å². The molecule has 0 saturated carbocycles. The zero-order chi connectivity index (χ0) is 12.9. The molecule has 0 aliphatic rings. The Kier molecular flexibility index (Phi) is 5.51. The first-order chi connectivity index (χ1) is 7.92. The van der Waals surface area contributed by atoms with Gasteiger partial charge in [0.1, 0.15) is 0 Å². The molecule has 1 atom stereocenters. The summed E-state index contributed by atoms with van der Waals surface area (Å²) in [4.78, 5) is 4.03. The molecule has 0 aliphatic carbocycles. The van der Waals surface area contributed by atoms with Crippen molar-refractivity contribution in [1.29, 1.82) is 0 Å². The van der Waals surface area contributed by atoms with Gasteiger partial charge in [-0.3, -0.25) is 0 Å². The van der Waals surface area contributed by atoms with Crippen LogP contribution in [0.5, 0.6) is 0 Å². The van der Waals surface area contributed by atoms with Gasteiger partial charge >= 0.3 is 0 Å². The first-order valence-corrected chi connectivity index (χ1v) is 7.99. The lowest BCUT2D eigenvalue weighted by Gasteiger charge is -2.15. The summed E-state index contributed by atoms with van der Waals surface area (Å²) in [6.07, 6.45) is 0. The maximum Gasteiger partial charge on any atom is 0.215 e. The van der Waals surface area contributed by atoms with Crippen molar-refractivity contribution in [3.63, 3.8) is 0 Å². The lowest BCUT2D eigenvalue weighted by Crippen LogP contribution is -2.40. The van der Waals surface area contributed by atoms with Gasteiger partial charge in [0.15, 0.2) is 0 Å². The molecule has 2 N–H and O–H groups in total. The van der Waals surface area contributed by atoms with Gasteiger partial charge < -0.3 is 5.32 Å². The minimum atomic E-state index is -3.28. The summed E-state index contributed by atoms with van der Waals surface area (Å²) in [5.74, 6) is 0. The fourth-order valence-corrected chi connectivity index (χ4v) is 2.66. The van der Waals surface area contributed by atoms with E-state index in [2.05, 4.69) is 15.0 Å². The van der Waals surface area contributed by atoms with E-state index in [1.807, 2.05) is 19.2 Å². The quantitative estimate of drug-likeness (QED) is 0.778. The largest absolute Gasteiger partial charge is 0.313 e. The third-order valence-electron chi connectivity index (χ3n) is 2.28. The number of aromatic nitrogens is 1. The van der Waals surface area contributed by atoms with Crippen LogP contribution in [-0.4, -0.2) is 31.2 Å². The van der Waals surface area contributed by atoms with E-state index < -0.39 is 15.3 Å². The Morgan fingerprint density at radius 1 is 1.41 bits per heavy atom. The fraction of sp³-hybridized carbons (Fsp3) is 0.700. The van der Waals surface area contributed by atoms with Gasteiger partial charge in [0.25, 0.3) is 0 Å². The monoisotopic (exact) mass is 277 g/mol. The molecule has 0 saturated heterocycles. The first kappa shape index (κ1) is 14.6. The Morgan fingerprint density at radius 2 is 2.12 bits per heavy atom. The van der Waals surface area contributed by atoms with Crippen molar-refractivity contribution >= 4 is 21.4 Å². The Morgan fingerprint density at radius 3 is 2.65 bits per heavy atom. The average Bonchev–Trinajstić information content (AvgIpc) is 2.75. The third kappa shape index (κ3) is 5.12. The number of nitrogens with one attached hydrogen (secondary N) is 2. The molecule has 1 unspecified atom stereocenters. The van der Waals surface area contributed by atoms with Crippen LogP contribution in [0.25, 0.3) is 0 Å². The van der Waals surface area contributed by atoms with Crippen LogP contribution in [0.15, 0.2) is 10.9 Å². The van der Waals surface area contributed by atoms with Gasteiger partial charge in [0.05, 0.1) is 23.0 Å². The van der Waals surface area contributed by atoms with Gasteiger partial charge in [0.2, 0.25) is 10.0 Å². The average molecular weight is 277 g/mol. The molecule has 0 bridgehead atoms. The van der Waals surface area contributed by atoms with Crippen LogP contribution in [-0.2, 0) is 16.6 Å². The topological polar surface area (TPSA) is 71.1 Å². The first-order valence-electron chi connectivity index (χ1n) is 5.50. The van der Waals surface area contributed by atoms with E-state index in [-0.39, 0.29) is 12.6 Å². The smallest absolute Gasteiger partial charge is 0.215 e. The number of hydrogen-bond acceptors (Lipinski definition) is 5. The summed E-state index contributed by atoms with van der Waals surface area (Å²) in [6, 6.07) is 0.284. The molecular weight excluding hydrogens is 258 g/mol. The summed E-state index contributed by atoms with van der Waals surface area (Å²) in [5, 5.41) is 4.49. The molecule has 0 aromatic carbocycles. The second-order valence-corrected chi connectivity index (χ2v) is 7.12. The molecule has 1 aromatic heterocycles. The zero-order valence-electron chi connectivity index (χ0n) is 10.3. The highest BCUT2D eigenvalue weighted by Gasteiger charge is 2.20. The van der Waals surface area contributed by atoms with Gasteiger partial charge in [0, 0.05) is 18.0 Å². The van der Waals surface area contributed by atoms with Crippen molar-refractivity contribution in [2.75, 3.05) is 6.54 Å². The molecular formula is C10H19N3O2S2. The maximum atomic E-state index is 11.9. The minimum Gasteiger partial charge on any atom is -0.313 e. The summed E-state index contributed by atoms with van der Waals surface area (Å²) >= 11 is 1.45. The molecule has 7 heteroatoms. The van der Waals surface area contributed by atoms with Crippen molar-refractivity contribution in [2.45, 2.75) is 38.6 Å². The van der Waals surface area contributed by atoms with E-state index in [1.165, 1.54) is 11.3 Å². The maximum absolute atomic E-state index is 11.9. The summed E-state index contributed by atoms with van der Waals surface area (Å²) < 4.78 is 26.3. The fourth-order valence-electron chi connectivity index (χ4n) is 1.15. The summed E-state index contributed by atoms with van der Waals surface area (Å²) in [5.41, 5.74) is 2.44. The Bertz CT molecular complexity index is 415. The van der Waals surface area contributed by atoms with Crippen molar-refractivity contribution in [1.82, 2.24) is 15.0 Å².